The van der Waals surface area contributed by atoms with Gasteiger partial charge in [-0.15, -0.1) is 0 Å². The Kier molecular flexibility index (Phi) is 6.07. The summed E-state index contributed by atoms with van der Waals surface area (Å²) in [4.78, 5) is 5.20. The summed E-state index contributed by atoms with van der Waals surface area (Å²) in [6.45, 7) is 24.7. The van der Waals surface area contributed by atoms with Gasteiger partial charge in [0.15, 0.2) is 11.6 Å². The summed E-state index contributed by atoms with van der Waals surface area (Å²) < 4.78 is 37.9. The van der Waals surface area contributed by atoms with Gasteiger partial charge in [-0.25, -0.2) is 0 Å². The molecule has 37 heavy (non-hydrogen) atoms. The molecule has 0 aromatic carbocycles. The largest absolute Gasteiger partial charge is 0.372 e. The molecule has 8 heteroatoms. The maximum atomic E-state index is 6.70. The van der Waals surface area contributed by atoms with Crippen LogP contribution in [-0.4, -0.2) is 108 Å². The molecule has 6 aliphatic heterocycles. The topological polar surface area (TPSA) is 68.5 Å². The minimum absolute atomic E-state index is 0.0432. The summed E-state index contributed by atoms with van der Waals surface area (Å²) in [6.07, 6.45) is 4.14. The van der Waals surface area contributed by atoms with Crippen LogP contribution in [0.25, 0.3) is 0 Å². The monoisotopic (exact) mass is 522 g/mol. The van der Waals surface area contributed by atoms with Gasteiger partial charge in [-0.2, -0.15) is 0 Å². The van der Waals surface area contributed by atoms with E-state index in [1.807, 2.05) is 0 Å². The smallest absolute Gasteiger partial charge is 0.171 e. The van der Waals surface area contributed by atoms with Crippen LogP contribution in [0.1, 0.15) is 81.1 Å². The molecule has 6 aliphatic rings. The van der Waals surface area contributed by atoms with Crippen molar-refractivity contribution in [1.82, 2.24) is 9.80 Å². The van der Waals surface area contributed by atoms with Crippen molar-refractivity contribution in [2.24, 2.45) is 5.41 Å². The minimum Gasteiger partial charge on any atom is -0.372 e. The van der Waals surface area contributed by atoms with Gasteiger partial charge in [0.1, 0.15) is 0 Å². The lowest BCUT2D eigenvalue weighted by Crippen LogP contribution is -2.71. The van der Waals surface area contributed by atoms with E-state index in [4.69, 9.17) is 28.4 Å². The lowest BCUT2D eigenvalue weighted by atomic mass is 9.74. The third-order valence-electron chi connectivity index (χ3n) is 9.87. The first-order valence-electron chi connectivity index (χ1n) is 14.4. The molecule has 0 aromatic rings. The minimum atomic E-state index is -0.561. The zero-order valence-electron chi connectivity index (χ0n) is 24.5. The Balaban J connectivity index is 1.10. The van der Waals surface area contributed by atoms with Crippen LogP contribution in [0.2, 0.25) is 0 Å². The molecule has 0 aliphatic carbocycles. The van der Waals surface area contributed by atoms with Gasteiger partial charge in [0, 0.05) is 60.9 Å². The van der Waals surface area contributed by atoms with Gasteiger partial charge >= 0.3 is 0 Å². The SMILES string of the molecule is CC1(C)CC2(CC(C)(C)N1CC1CO1)OCC1(CO2)COC2(CC(C)(C)N(CC3CO3)C(C)(C)C2)OC1. The Morgan fingerprint density at radius 2 is 0.784 bits per heavy atom. The van der Waals surface area contributed by atoms with Crippen LogP contribution in [0.4, 0.5) is 0 Å². The van der Waals surface area contributed by atoms with Gasteiger partial charge in [-0.05, 0) is 55.4 Å². The highest BCUT2D eigenvalue weighted by Gasteiger charge is 2.61. The van der Waals surface area contributed by atoms with E-state index in [1.165, 1.54) is 0 Å². The fourth-order valence-corrected chi connectivity index (χ4v) is 8.40. The van der Waals surface area contributed by atoms with Gasteiger partial charge in [0.25, 0.3) is 0 Å². The highest BCUT2D eigenvalue weighted by atomic mass is 16.7. The molecule has 212 valence electrons. The maximum Gasteiger partial charge on any atom is 0.171 e. The van der Waals surface area contributed by atoms with Crippen LogP contribution >= 0.6 is 0 Å². The number of hydrogen-bond donors (Lipinski definition) is 0. The first-order chi connectivity index (χ1) is 17.1. The van der Waals surface area contributed by atoms with Crippen molar-refractivity contribution in [3.63, 3.8) is 0 Å². The van der Waals surface area contributed by atoms with Crippen molar-refractivity contribution in [2.45, 2.75) is 127 Å². The number of piperidine rings is 2. The Morgan fingerprint density at radius 1 is 0.514 bits per heavy atom. The van der Waals surface area contributed by atoms with Crippen molar-refractivity contribution in [1.29, 1.82) is 0 Å². The molecule has 6 heterocycles. The zero-order chi connectivity index (χ0) is 26.5. The van der Waals surface area contributed by atoms with E-state index in [0.29, 0.717) is 38.6 Å². The maximum absolute atomic E-state index is 6.70. The Labute approximate surface area is 223 Å². The molecule has 6 fully saturated rings. The average Bonchev–Trinajstić information content (AvgIpc) is 3.67. The van der Waals surface area contributed by atoms with E-state index >= 15 is 0 Å². The summed E-state index contributed by atoms with van der Waals surface area (Å²) in [6, 6.07) is 0. The molecule has 0 saturated carbocycles. The summed E-state index contributed by atoms with van der Waals surface area (Å²) in [7, 11) is 0. The van der Waals surface area contributed by atoms with E-state index in [2.05, 4.69) is 65.2 Å². The first-order valence-corrected chi connectivity index (χ1v) is 14.4. The number of epoxide rings is 2. The summed E-state index contributed by atoms with van der Waals surface area (Å²) >= 11 is 0. The predicted molar refractivity (Wildman–Crippen MR) is 139 cm³/mol. The summed E-state index contributed by atoms with van der Waals surface area (Å²) in [5.74, 6) is -1.12. The molecule has 2 atom stereocenters. The van der Waals surface area contributed by atoms with E-state index in [-0.39, 0.29) is 27.6 Å². The highest BCUT2D eigenvalue weighted by molar-refractivity contribution is 5.09. The number of hydrogen-bond acceptors (Lipinski definition) is 8. The lowest BCUT2D eigenvalue weighted by Gasteiger charge is -2.63. The second-order valence-electron chi connectivity index (χ2n) is 15.6. The van der Waals surface area contributed by atoms with Gasteiger partial charge in [-0.1, -0.05) is 0 Å². The summed E-state index contributed by atoms with van der Waals surface area (Å²) in [5, 5.41) is 0. The van der Waals surface area contributed by atoms with E-state index < -0.39 is 11.6 Å². The van der Waals surface area contributed by atoms with Gasteiger partial charge in [0.2, 0.25) is 0 Å². The van der Waals surface area contributed by atoms with Gasteiger partial charge in [0.05, 0.1) is 57.3 Å². The molecule has 0 amide bonds. The van der Waals surface area contributed by atoms with Gasteiger partial charge < -0.3 is 28.4 Å². The molecule has 3 spiro atoms. The quantitative estimate of drug-likeness (QED) is 0.519. The molecule has 2 unspecified atom stereocenters. The number of likely N-dealkylation sites (tertiary alicyclic amines) is 2. The third kappa shape index (κ3) is 5.03. The average molecular weight is 523 g/mol. The number of nitrogens with zero attached hydrogens (tertiary/aromatic N) is 2. The standard InChI is InChI=1S/C29H50N2O6/c1-23(2)13-28(14-24(3,4)30(23)9-21-11-32-21)34-17-27(18-35-28)19-36-29(37-20-27)15-25(5,6)31(10-22-12-33-22)26(7,8)16-29/h21-22H,9-20H2,1-8H3. The molecule has 6 saturated heterocycles. The Morgan fingerprint density at radius 3 is 1.03 bits per heavy atom. The lowest BCUT2D eigenvalue weighted by molar-refractivity contribution is -0.395. The van der Waals surface area contributed by atoms with E-state index in [1.54, 1.807) is 0 Å². The molecule has 0 N–H and O–H groups in total. The van der Waals surface area contributed by atoms with Crippen LogP contribution in [0.3, 0.4) is 0 Å². The molecule has 0 aromatic heterocycles. The van der Waals surface area contributed by atoms with Crippen molar-refractivity contribution in [3.05, 3.63) is 0 Å². The highest BCUT2D eigenvalue weighted by Crippen LogP contribution is 2.52. The number of ether oxygens (including phenoxy) is 6. The Hall–Kier alpha value is -0.320. The molecular formula is C29H50N2O6. The van der Waals surface area contributed by atoms with Crippen LogP contribution in [0.15, 0.2) is 0 Å². The zero-order valence-corrected chi connectivity index (χ0v) is 24.5. The number of rotatable bonds is 4. The van der Waals surface area contributed by atoms with Crippen molar-refractivity contribution < 1.29 is 28.4 Å². The van der Waals surface area contributed by atoms with Crippen molar-refractivity contribution >= 4 is 0 Å². The van der Waals surface area contributed by atoms with Crippen LogP contribution in [0.5, 0.6) is 0 Å². The summed E-state index contributed by atoms with van der Waals surface area (Å²) in [5.41, 5.74) is -0.426. The van der Waals surface area contributed by atoms with Crippen LogP contribution in [-0.2, 0) is 28.4 Å². The van der Waals surface area contributed by atoms with Crippen molar-refractivity contribution in [2.75, 3.05) is 52.7 Å². The van der Waals surface area contributed by atoms with Crippen LogP contribution in [0, 0.1) is 5.41 Å². The Bertz CT molecular complexity index is 761. The molecule has 0 radical (unpaired) electrons. The fourth-order valence-electron chi connectivity index (χ4n) is 8.40. The van der Waals surface area contributed by atoms with Gasteiger partial charge in [-0.3, -0.25) is 9.80 Å². The second-order valence-corrected chi connectivity index (χ2v) is 15.6. The molecule has 8 nitrogen and oxygen atoms in total. The molecule has 6 rings (SSSR count). The molecule has 0 bridgehead atoms. The van der Waals surface area contributed by atoms with E-state index in [0.717, 1.165) is 52.0 Å². The third-order valence-corrected chi connectivity index (χ3v) is 9.87. The normalized spacial score (nSPS) is 38.6. The predicted octanol–water partition coefficient (Wildman–Crippen LogP) is 3.56. The first kappa shape index (κ1) is 26.9. The molecular weight excluding hydrogens is 472 g/mol. The van der Waals surface area contributed by atoms with E-state index in [9.17, 15) is 0 Å². The second kappa shape index (κ2) is 8.35. The van der Waals surface area contributed by atoms with Crippen molar-refractivity contribution in [3.8, 4) is 0 Å². The van der Waals surface area contributed by atoms with Crippen LogP contribution < -0.4 is 0 Å². The fraction of sp³-hybridized carbons (Fsp3) is 1.00.